The second kappa shape index (κ2) is 4.02. The molecule has 17 heavy (non-hydrogen) atoms. The SMILES string of the molecule is O=C1NC2(CCCCC2)Oc2ccc(Br)cc21. The number of nitrogens with one attached hydrogen (secondary N) is 1. The van der Waals surface area contributed by atoms with Gasteiger partial charge in [-0.15, -0.1) is 0 Å². The Bertz CT molecular complexity index is 466. The Morgan fingerprint density at radius 3 is 2.76 bits per heavy atom. The van der Waals surface area contributed by atoms with Crippen LogP contribution >= 0.6 is 15.9 Å². The van der Waals surface area contributed by atoms with E-state index in [0.29, 0.717) is 11.3 Å². The molecule has 1 aromatic carbocycles. The van der Waals surface area contributed by atoms with E-state index >= 15 is 0 Å². The van der Waals surface area contributed by atoms with Gasteiger partial charge in [-0.1, -0.05) is 22.4 Å². The van der Waals surface area contributed by atoms with Gasteiger partial charge < -0.3 is 10.1 Å². The molecule has 3 rings (SSSR count). The van der Waals surface area contributed by atoms with Crippen LogP contribution in [0.2, 0.25) is 0 Å². The average Bonchev–Trinajstić information content (AvgIpc) is 2.31. The number of ether oxygens (including phenoxy) is 1. The number of fused-ring (bicyclic) bond motifs is 1. The molecule has 1 fully saturated rings. The zero-order chi connectivity index (χ0) is 11.9. The van der Waals surface area contributed by atoms with Crippen LogP contribution in [0.1, 0.15) is 42.5 Å². The third-order valence-electron chi connectivity index (χ3n) is 3.49. The zero-order valence-corrected chi connectivity index (χ0v) is 11.0. The van der Waals surface area contributed by atoms with Gasteiger partial charge in [-0.25, -0.2) is 0 Å². The maximum absolute atomic E-state index is 12.1. The Labute approximate surface area is 109 Å². The van der Waals surface area contributed by atoms with E-state index < -0.39 is 5.72 Å². The van der Waals surface area contributed by atoms with Crippen LogP contribution in [0.5, 0.6) is 5.75 Å². The summed E-state index contributed by atoms with van der Waals surface area (Å²) in [7, 11) is 0. The zero-order valence-electron chi connectivity index (χ0n) is 9.46. The quantitative estimate of drug-likeness (QED) is 0.798. The summed E-state index contributed by atoms with van der Waals surface area (Å²) in [5.41, 5.74) is 0.173. The lowest BCUT2D eigenvalue weighted by atomic mass is 9.90. The molecule has 1 N–H and O–H groups in total. The third kappa shape index (κ3) is 1.95. The highest BCUT2D eigenvalue weighted by molar-refractivity contribution is 9.10. The van der Waals surface area contributed by atoms with E-state index in [2.05, 4.69) is 21.2 Å². The highest BCUT2D eigenvalue weighted by Gasteiger charge is 2.40. The molecule has 2 aliphatic rings. The largest absolute Gasteiger partial charge is 0.467 e. The number of hydrogen-bond donors (Lipinski definition) is 1. The number of carbonyl (C=O) groups is 1. The van der Waals surface area contributed by atoms with Crippen LogP contribution in [0, 0.1) is 0 Å². The van der Waals surface area contributed by atoms with E-state index in [-0.39, 0.29) is 5.91 Å². The van der Waals surface area contributed by atoms with Crippen molar-refractivity contribution >= 4 is 21.8 Å². The summed E-state index contributed by atoms with van der Waals surface area (Å²) >= 11 is 3.37. The summed E-state index contributed by atoms with van der Waals surface area (Å²) in [4.78, 5) is 12.1. The first kappa shape index (κ1) is 11.1. The van der Waals surface area contributed by atoms with Crippen molar-refractivity contribution < 1.29 is 9.53 Å². The van der Waals surface area contributed by atoms with Gasteiger partial charge in [-0.3, -0.25) is 4.79 Å². The molecule has 0 unspecified atom stereocenters. The third-order valence-corrected chi connectivity index (χ3v) is 3.99. The van der Waals surface area contributed by atoms with Crippen molar-refractivity contribution in [2.45, 2.75) is 37.8 Å². The van der Waals surface area contributed by atoms with Crippen LogP contribution in [0.3, 0.4) is 0 Å². The predicted molar refractivity (Wildman–Crippen MR) is 68.1 cm³/mol. The van der Waals surface area contributed by atoms with Gasteiger partial charge in [0.15, 0.2) is 5.72 Å². The first-order valence-corrected chi connectivity index (χ1v) is 6.79. The molecule has 1 spiro atoms. The molecule has 3 nitrogen and oxygen atoms in total. The topological polar surface area (TPSA) is 38.3 Å². The molecule has 1 amide bonds. The Balaban J connectivity index is 1.97. The smallest absolute Gasteiger partial charge is 0.258 e. The van der Waals surface area contributed by atoms with E-state index in [0.717, 1.165) is 30.2 Å². The molecular weight excluding hydrogens is 282 g/mol. The van der Waals surface area contributed by atoms with Gasteiger partial charge in [-0.05, 0) is 31.0 Å². The van der Waals surface area contributed by atoms with Crippen LogP contribution in [0.15, 0.2) is 22.7 Å². The van der Waals surface area contributed by atoms with Crippen molar-refractivity contribution in [2.75, 3.05) is 0 Å². The fourth-order valence-electron chi connectivity index (χ4n) is 2.63. The summed E-state index contributed by atoms with van der Waals surface area (Å²) in [6, 6.07) is 5.59. The van der Waals surface area contributed by atoms with Crippen molar-refractivity contribution in [3.8, 4) is 5.75 Å². The molecule has 0 radical (unpaired) electrons. The summed E-state index contributed by atoms with van der Waals surface area (Å²) in [5.74, 6) is 0.688. The first-order valence-electron chi connectivity index (χ1n) is 6.00. The Hall–Kier alpha value is -1.03. The van der Waals surface area contributed by atoms with Crippen molar-refractivity contribution in [1.29, 1.82) is 0 Å². The first-order chi connectivity index (χ1) is 8.19. The summed E-state index contributed by atoms with van der Waals surface area (Å²) < 4.78 is 6.93. The Morgan fingerprint density at radius 1 is 1.24 bits per heavy atom. The van der Waals surface area contributed by atoms with Crippen molar-refractivity contribution in [3.05, 3.63) is 28.2 Å². The number of hydrogen-bond acceptors (Lipinski definition) is 2. The molecule has 1 saturated carbocycles. The van der Waals surface area contributed by atoms with Gasteiger partial charge in [0.2, 0.25) is 0 Å². The lowest BCUT2D eigenvalue weighted by Crippen LogP contribution is -2.56. The monoisotopic (exact) mass is 295 g/mol. The Kier molecular flexibility index (Phi) is 2.62. The van der Waals surface area contributed by atoms with E-state index in [1.54, 1.807) is 6.07 Å². The molecule has 0 bridgehead atoms. The second-order valence-electron chi connectivity index (χ2n) is 4.75. The minimum atomic E-state index is -0.448. The molecule has 0 atom stereocenters. The molecule has 4 heteroatoms. The average molecular weight is 296 g/mol. The van der Waals surface area contributed by atoms with Gasteiger partial charge in [0.25, 0.3) is 5.91 Å². The Morgan fingerprint density at radius 2 is 2.00 bits per heavy atom. The molecule has 1 aliphatic carbocycles. The molecular formula is C13H14BrNO2. The molecule has 1 aliphatic heterocycles. The highest BCUT2D eigenvalue weighted by Crippen LogP contribution is 2.37. The maximum Gasteiger partial charge on any atom is 0.258 e. The normalized spacial score (nSPS) is 21.6. The minimum absolute atomic E-state index is 0.0190. The standard InChI is InChI=1S/C13H14BrNO2/c14-9-4-5-11-10(8-9)12(16)15-13(17-11)6-2-1-3-7-13/h4-5,8H,1-3,6-7H2,(H,15,16). The van der Waals surface area contributed by atoms with Crippen LogP contribution in [0.25, 0.3) is 0 Å². The molecule has 0 aromatic heterocycles. The molecule has 90 valence electrons. The van der Waals surface area contributed by atoms with Crippen LogP contribution in [0.4, 0.5) is 0 Å². The van der Waals surface area contributed by atoms with Gasteiger partial charge >= 0.3 is 0 Å². The predicted octanol–water partition coefficient (Wildman–Crippen LogP) is 3.23. The lowest BCUT2D eigenvalue weighted by molar-refractivity contribution is -0.00864. The summed E-state index contributed by atoms with van der Waals surface area (Å²) in [6.07, 6.45) is 5.29. The highest BCUT2D eigenvalue weighted by atomic mass is 79.9. The number of carbonyl (C=O) groups excluding carboxylic acids is 1. The number of benzene rings is 1. The van der Waals surface area contributed by atoms with E-state index in [4.69, 9.17) is 4.74 Å². The van der Waals surface area contributed by atoms with Gasteiger partial charge in [0.05, 0.1) is 5.56 Å². The van der Waals surface area contributed by atoms with Gasteiger partial charge in [0.1, 0.15) is 5.75 Å². The van der Waals surface area contributed by atoms with Crippen molar-refractivity contribution in [2.24, 2.45) is 0 Å². The van der Waals surface area contributed by atoms with E-state index in [1.807, 2.05) is 12.1 Å². The van der Waals surface area contributed by atoms with Gasteiger partial charge in [-0.2, -0.15) is 0 Å². The van der Waals surface area contributed by atoms with Crippen molar-refractivity contribution in [3.63, 3.8) is 0 Å². The second-order valence-corrected chi connectivity index (χ2v) is 5.67. The maximum atomic E-state index is 12.1. The minimum Gasteiger partial charge on any atom is -0.467 e. The fourth-order valence-corrected chi connectivity index (χ4v) is 2.99. The molecule has 0 saturated heterocycles. The van der Waals surface area contributed by atoms with Crippen LogP contribution < -0.4 is 10.1 Å². The van der Waals surface area contributed by atoms with E-state index in [1.165, 1.54) is 6.42 Å². The van der Waals surface area contributed by atoms with E-state index in [9.17, 15) is 4.79 Å². The molecule has 1 heterocycles. The summed E-state index contributed by atoms with van der Waals surface area (Å²) in [5, 5.41) is 3.03. The van der Waals surface area contributed by atoms with Crippen LogP contribution in [-0.2, 0) is 0 Å². The fraction of sp³-hybridized carbons (Fsp3) is 0.462. The molecule has 1 aromatic rings. The lowest BCUT2D eigenvalue weighted by Gasteiger charge is -2.41. The van der Waals surface area contributed by atoms with Crippen LogP contribution in [-0.4, -0.2) is 11.6 Å². The number of halogens is 1. The van der Waals surface area contributed by atoms with Crippen molar-refractivity contribution in [1.82, 2.24) is 5.32 Å². The summed E-state index contributed by atoms with van der Waals surface area (Å²) in [6.45, 7) is 0. The number of amides is 1. The van der Waals surface area contributed by atoms with Gasteiger partial charge in [0, 0.05) is 17.3 Å². The number of rotatable bonds is 0.